The summed E-state index contributed by atoms with van der Waals surface area (Å²) in [6, 6.07) is 11.0. The van der Waals surface area contributed by atoms with Gasteiger partial charge in [-0.3, -0.25) is 14.7 Å². The maximum absolute atomic E-state index is 12.4. The lowest BCUT2D eigenvalue weighted by atomic mass is 9.91. The van der Waals surface area contributed by atoms with Gasteiger partial charge in [0.15, 0.2) is 0 Å². The molecule has 1 aromatic carbocycles. The molecule has 1 aromatic heterocycles. The normalized spacial score (nSPS) is 24.4. The number of nitrogens with zero attached hydrogens (tertiary/aromatic N) is 2. The summed E-state index contributed by atoms with van der Waals surface area (Å²) in [4.78, 5) is 22.0. The Morgan fingerprint density at radius 1 is 1.21 bits per heavy atom. The molecule has 2 aromatic rings. The van der Waals surface area contributed by atoms with Crippen LogP contribution in [-0.2, 0) is 6.54 Å². The lowest BCUT2D eigenvalue weighted by Crippen LogP contribution is -2.47. The van der Waals surface area contributed by atoms with Crippen LogP contribution < -0.4 is 31.5 Å². The van der Waals surface area contributed by atoms with E-state index in [-0.39, 0.29) is 29.1 Å². The number of rotatable bonds is 6. The molecule has 7 heteroatoms. The van der Waals surface area contributed by atoms with Gasteiger partial charge in [-0.1, -0.05) is 48.6 Å². The van der Waals surface area contributed by atoms with E-state index in [0.29, 0.717) is 22.9 Å². The minimum absolute atomic E-state index is 0.0273. The van der Waals surface area contributed by atoms with Crippen LogP contribution in [-0.4, -0.2) is 40.0 Å². The van der Waals surface area contributed by atoms with Gasteiger partial charge in [-0.25, -0.2) is 0 Å². The lowest BCUT2D eigenvalue weighted by molar-refractivity contribution is 0.230. The molecule has 5 aliphatic rings. The molecular formula is C27H25N5O2. The fraction of sp³-hybridized carbons (Fsp3) is 0.259. The summed E-state index contributed by atoms with van der Waals surface area (Å²) in [5.74, 6) is 0.869. The van der Waals surface area contributed by atoms with Crippen molar-refractivity contribution in [2.45, 2.75) is 24.5 Å². The van der Waals surface area contributed by atoms with Crippen molar-refractivity contribution in [1.29, 1.82) is 0 Å². The number of aromatic nitrogens is 2. The summed E-state index contributed by atoms with van der Waals surface area (Å²) in [5.41, 5.74) is 5.50. The van der Waals surface area contributed by atoms with E-state index in [1.807, 2.05) is 12.2 Å². The van der Waals surface area contributed by atoms with Gasteiger partial charge in [0.2, 0.25) is 0 Å². The van der Waals surface area contributed by atoms with E-state index < -0.39 is 0 Å². The molecule has 0 spiro atoms. The number of allylic oxidation sites excluding steroid dienone is 1. The number of hydrogen-bond acceptors (Lipinski definition) is 6. The highest BCUT2D eigenvalue weighted by molar-refractivity contribution is 5.78. The predicted octanol–water partition coefficient (Wildman–Crippen LogP) is 0.781. The number of ether oxygens (including phenoxy) is 1. The molecule has 3 aliphatic carbocycles. The zero-order valence-electron chi connectivity index (χ0n) is 18.8. The van der Waals surface area contributed by atoms with Crippen molar-refractivity contribution < 1.29 is 4.74 Å². The molecule has 7 rings (SSSR count). The van der Waals surface area contributed by atoms with Gasteiger partial charge in [-0.2, -0.15) is 4.98 Å². The minimum Gasteiger partial charge on any atom is -0.426 e. The van der Waals surface area contributed by atoms with Gasteiger partial charge in [-0.15, -0.1) is 0 Å². The highest BCUT2D eigenvalue weighted by atomic mass is 16.5. The molecule has 0 saturated carbocycles. The van der Waals surface area contributed by atoms with Gasteiger partial charge in [0.25, 0.3) is 5.56 Å². The highest BCUT2D eigenvalue weighted by Crippen LogP contribution is 2.70. The van der Waals surface area contributed by atoms with Crippen LogP contribution in [0.3, 0.4) is 0 Å². The van der Waals surface area contributed by atoms with Crippen molar-refractivity contribution in [3.8, 4) is 6.01 Å². The monoisotopic (exact) mass is 451 g/mol. The standard InChI is InChI=1S/C27H25N5O2/c1-32(15-16-5-3-2-4-6-16)27(20-13-21(20)27)24-12-17-11-18(7-8-22(17)29-24)34-26-30-23-14-28-10-9-19(23)25(33)31-26/h2-9,11-12,14,17,22,28-29H,10,13,15H2,1H3,(H,30,31,33). The Morgan fingerprint density at radius 3 is 2.85 bits per heavy atom. The van der Waals surface area contributed by atoms with Crippen LogP contribution in [0.25, 0.3) is 12.3 Å². The number of hydrogen-bond donors (Lipinski definition) is 3. The molecule has 2 aliphatic heterocycles. The third-order valence-electron chi connectivity index (χ3n) is 7.39. The predicted molar refractivity (Wildman–Crippen MR) is 130 cm³/mol. The van der Waals surface area contributed by atoms with Crippen LogP contribution in [0.2, 0.25) is 0 Å². The summed E-state index contributed by atoms with van der Waals surface area (Å²) >= 11 is 0. The molecule has 0 radical (unpaired) electrons. The number of nitrogens with one attached hydrogen (secondary N) is 3. The first kappa shape index (κ1) is 19.6. The Bertz CT molecular complexity index is 1500. The van der Waals surface area contributed by atoms with Crippen LogP contribution in [0, 0.1) is 5.92 Å². The van der Waals surface area contributed by atoms with Gasteiger partial charge in [0, 0.05) is 30.9 Å². The second-order valence-electron chi connectivity index (χ2n) is 9.47. The molecule has 0 amide bonds. The van der Waals surface area contributed by atoms with Crippen molar-refractivity contribution in [1.82, 2.24) is 25.5 Å². The second-order valence-corrected chi connectivity index (χ2v) is 9.47. The van der Waals surface area contributed by atoms with Crippen LogP contribution in [0.5, 0.6) is 6.01 Å². The first-order chi connectivity index (χ1) is 16.6. The molecular weight excluding hydrogens is 426 g/mol. The van der Waals surface area contributed by atoms with Gasteiger partial charge in [-0.05, 0) is 42.3 Å². The molecule has 0 saturated heterocycles. The summed E-state index contributed by atoms with van der Waals surface area (Å²) in [5, 5.41) is 8.01. The van der Waals surface area contributed by atoms with Crippen molar-refractivity contribution in [3.05, 3.63) is 104 Å². The van der Waals surface area contributed by atoms with Gasteiger partial charge in [0.05, 0.1) is 16.6 Å². The minimum atomic E-state index is -0.189. The van der Waals surface area contributed by atoms with E-state index in [1.54, 1.807) is 17.3 Å². The summed E-state index contributed by atoms with van der Waals surface area (Å²) in [6.07, 6.45) is 13.3. The smallest absolute Gasteiger partial charge is 0.302 e. The number of H-pyrrole nitrogens is 1. The van der Waals surface area contributed by atoms with Gasteiger partial charge >= 0.3 is 6.01 Å². The van der Waals surface area contributed by atoms with E-state index in [9.17, 15) is 4.79 Å². The zero-order chi connectivity index (χ0) is 22.9. The largest absolute Gasteiger partial charge is 0.426 e. The maximum Gasteiger partial charge on any atom is 0.302 e. The molecule has 2 unspecified atom stereocenters. The Balaban J connectivity index is 1.13. The van der Waals surface area contributed by atoms with Crippen molar-refractivity contribution in [2.75, 3.05) is 13.6 Å². The first-order valence-corrected chi connectivity index (χ1v) is 11.7. The molecule has 3 N–H and O–H groups in total. The van der Waals surface area contributed by atoms with Crippen molar-refractivity contribution in [2.24, 2.45) is 5.92 Å². The third-order valence-corrected chi connectivity index (χ3v) is 7.39. The van der Waals surface area contributed by atoms with E-state index in [0.717, 1.165) is 13.0 Å². The quantitative estimate of drug-likeness (QED) is 0.564. The zero-order valence-corrected chi connectivity index (χ0v) is 18.8. The topological polar surface area (TPSA) is 82.3 Å². The molecule has 3 heterocycles. The van der Waals surface area contributed by atoms with E-state index in [1.165, 1.54) is 11.3 Å². The number of fused-ring (bicyclic) bond motifs is 2. The fourth-order valence-electron chi connectivity index (χ4n) is 5.57. The van der Waals surface area contributed by atoms with E-state index in [2.05, 4.69) is 81.1 Å². The SMILES string of the molecule is CN(Cc1ccccc1)C1(C2=CC3C=C(Oc4nc5c(c(=O)[nH]4)=CCNC=5)C=CC3N2)C2=C1C2. The maximum atomic E-state index is 12.4. The Morgan fingerprint density at radius 2 is 2.06 bits per heavy atom. The first-order valence-electron chi connectivity index (χ1n) is 11.7. The average Bonchev–Trinajstić information content (AvgIpc) is 3.71. The van der Waals surface area contributed by atoms with Gasteiger partial charge < -0.3 is 15.4 Å². The molecule has 0 bridgehead atoms. The Labute approximate surface area is 196 Å². The van der Waals surface area contributed by atoms with Crippen LogP contribution in [0.1, 0.15) is 12.0 Å². The van der Waals surface area contributed by atoms with Crippen molar-refractivity contribution in [3.63, 3.8) is 0 Å². The fourth-order valence-corrected chi connectivity index (χ4v) is 5.57. The van der Waals surface area contributed by atoms with Crippen molar-refractivity contribution >= 4 is 12.3 Å². The molecule has 7 nitrogen and oxygen atoms in total. The van der Waals surface area contributed by atoms with E-state index in [4.69, 9.17) is 4.74 Å². The highest BCUT2D eigenvalue weighted by Gasteiger charge is 2.68. The van der Waals surface area contributed by atoms with Gasteiger partial charge in [0.1, 0.15) is 11.3 Å². The van der Waals surface area contributed by atoms with Crippen LogP contribution >= 0.6 is 0 Å². The molecule has 170 valence electrons. The summed E-state index contributed by atoms with van der Waals surface area (Å²) < 4.78 is 5.97. The molecule has 2 atom stereocenters. The molecule has 0 fully saturated rings. The van der Waals surface area contributed by atoms with E-state index >= 15 is 0 Å². The number of likely N-dealkylation sites (N-methyl/N-ethyl adjacent to an activating group) is 1. The van der Waals surface area contributed by atoms with Crippen LogP contribution in [0.4, 0.5) is 0 Å². The van der Waals surface area contributed by atoms with Crippen LogP contribution in [0.15, 0.2) is 82.0 Å². The Kier molecular flexibility index (Phi) is 4.08. The second kappa shape index (κ2) is 7.08. The third kappa shape index (κ3) is 2.93. The average molecular weight is 452 g/mol. The Hall–Kier alpha value is -3.84. The number of benzene rings is 1. The summed E-state index contributed by atoms with van der Waals surface area (Å²) in [6.45, 7) is 1.53. The number of aromatic amines is 1. The molecule has 34 heavy (non-hydrogen) atoms. The lowest BCUT2D eigenvalue weighted by Gasteiger charge is -2.37. The summed E-state index contributed by atoms with van der Waals surface area (Å²) in [7, 11) is 2.21.